The Labute approximate surface area is 163 Å². The number of amides is 1. The number of carbonyl (C=O) groups is 1. The number of nitrogens with zero attached hydrogens (tertiary/aromatic N) is 3. The maximum Gasteiger partial charge on any atom is 0.471 e. The first kappa shape index (κ1) is 20.9. The predicted octanol–water partition coefficient (Wildman–Crippen LogP) is 4.28. The molecule has 7 nitrogen and oxygen atoms in total. The number of aromatic nitrogens is 2. The summed E-state index contributed by atoms with van der Waals surface area (Å²) < 4.78 is 67.1. The number of rotatable bonds is 3. The monoisotopic (exact) mass is 417 g/mol. The highest BCUT2D eigenvalue weighted by molar-refractivity contribution is 5.68. The molecular weight excluding hydrogens is 398 g/mol. The summed E-state index contributed by atoms with van der Waals surface area (Å²) in [5.41, 5.74) is -0.866. The van der Waals surface area contributed by atoms with E-state index in [-0.39, 0.29) is 24.0 Å². The van der Waals surface area contributed by atoms with Gasteiger partial charge in [-0.2, -0.15) is 18.2 Å². The molecule has 29 heavy (non-hydrogen) atoms. The highest BCUT2D eigenvalue weighted by Crippen LogP contribution is 2.31. The number of likely N-dealkylation sites (tertiary alicyclic amines) is 1. The molecule has 1 aromatic heterocycles. The minimum atomic E-state index is -4.81. The minimum absolute atomic E-state index is 0.168. The zero-order valence-electron chi connectivity index (χ0n) is 15.9. The van der Waals surface area contributed by atoms with Gasteiger partial charge in [-0.25, -0.2) is 9.18 Å². The largest absolute Gasteiger partial charge is 0.488 e. The van der Waals surface area contributed by atoms with E-state index in [2.05, 4.69) is 14.7 Å². The van der Waals surface area contributed by atoms with Crippen LogP contribution in [-0.2, 0) is 10.9 Å². The first-order valence-electron chi connectivity index (χ1n) is 8.78. The maximum absolute atomic E-state index is 14.3. The lowest BCUT2D eigenvalue weighted by molar-refractivity contribution is -0.159. The zero-order valence-corrected chi connectivity index (χ0v) is 15.9. The molecule has 0 bridgehead atoms. The van der Waals surface area contributed by atoms with Gasteiger partial charge in [-0.1, -0.05) is 5.16 Å². The number of halogens is 4. The molecule has 1 saturated heterocycles. The lowest BCUT2D eigenvalue weighted by atomic mass is 10.2. The van der Waals surface area contributed by atoms with Crippen LogP contribution in [0.3, 0.4) is 0 Å². The topological polar surface area (TPSA) is 77.7 Å². The molecule has 11 heteroatoms. The summed E-state index contributed by atoms with van der Waals surface area (Å²) in [6.45, 7) is 6.00. The fourth-order valence-electron chi connectivity index (χ4n) is 2.71. The molecule has 0 aliphatic carbocycles. The SMILES string of the molecule is CC(C)(C)OC(=O)N1CC[C@H](Oc2ccc(-c3noc(C(F)(F)F)n3)c(F)c2)C1. The second kappa shape index (κ2) is 7.53. The van der Waals surface area contributed by atoms with Crippen molar-refractivity contribution in [2.45, 2.75) is 45.1 Å². The summed E-state index contributed by atoms with van der Waals surface area (Å²) in [6, 6.07) is 3.61. The summed E-state index contributed by atoms with van der Waals surface area (Å²) in [4.78, 5) is 16.7. The number of carbonyl (C=O) groups excluding carboxylic acids is 1. The molecule has 1 amide bonds. The Bertz CT molecular complexity index is 892. The second-order valence-electron chi connectivity index (χ2n) is 7.52. The van der Waals surface area contributed by atoms with Gasteiger partial charge in [0.25, 0.3) is 0 Å². The number of ether oxygens (including phenoxy) is 2. The Morgan fingerprint density at radius 2 is 2.00 bits per heavy atom. The standard InChI is InChI=1S/C18H19F4N3O4/c1-17(2,3)28-16(26)25-7-6-11(9-25)27-10-4-5-12(13(19)8-10)14-23-15(29-24-14)18(20,21)22/h4-5,8,11H,6-7,9H2,1-3H3/t11-/m0/s1. The van der Waals surface area contributed by atoms with Crippen LogP contribution in [0.15, 0.2) is 22.7 Å². The highest BCUT2D eigenvalue weighted by atomic mass is 19.4. The first-order valence-corrected chi connectivity index (χ1v) is 8.78. The van der Waals surface area contributed by atoms with Crippen molar-refractivity contribution in [2.24, 2.45) is 0 Å². The van der Waals surface area contributed by atoms with Gasteiger partial charge in [0.2, 0.25) is 5.82 Å². The summed E-state index contributed by atoms with van der Waals surface area (Å²) in [6.07, 6.45) is -5.10. The van der Waals surface area contributed by atoms with Crippen LogP contribution in [0.5, 0.6) is 5.75 Å². The van der Waals surface area contributed by atoms with Crippen molar-refractivity contribution in [1.82, 2.24) is 15.0 Å². The fraction of sp³-hybridized carbons (Fsp3) is 0.500. The van der Waals surface area contributed by atoms with E-state index in [4.69, 9.17) is 9.47 Å². The Balaban J connectivity index is 1.64. The van der Waals surface area contributed by atoms with Crippen LogP contribution in [0.25, 0.3) is 11.4 Å². The summed E-state index contributed by atoms with van der Waals surface area (Å²) in [5.74, 6) is -2.76. The molecule has 0 saturated carbocycles. The Kier molecular flexibility index (Phi) is 5.42. The van der Waals surface area contributed by atoms with E-state index in [0.29, 0.717) is 13.0 Å². The van der Waals surface area contributed by atoms with Gasteiger partial charge >= 0.3 is 18.2 Å². The van der Waals surface area contributed by atoms with Crippen molar-refractivity contribution < 1.29 is 36.4 Å². The van der Waals surface area contributed by atoms with Gasteiger partial charge in [-0.3, -0.25) is 0 Å². The van der Waals surface area contributed by atoms with E-state index in [9.17, 15) is 22.4 Å². The van der Waals surface area contributed by atoms with Gasteiger partial charge in [0.1, 0.15) is 23.3 Å². The molecule has 0 radical (unpaired) electrons. The average molecular weight is 417 g/mol. The van der Waals surface area contributed by atoms with E-state index in [1.807, 2.05) is 0 Å². The number of hydrogen-bond donors (Lipinski definition) is 0. The van der Waals surface area contributed by atoms with Crippen molar-refractivity contribution in [3.05, 3.63) is 29.9 Å². The lowest BCUT2D eigenvalue weighted by Gasteiger charge is -2.24. The molecule has 0 unspecified atom stereocenters. The quantitative estimate of drug-likeness (QED) is 0.694. The number of alkyl halides is 3. The zero-order chi connectivity index (χ0) is 21.4. The summed E-state index contributed by atoms with van der Waals surface area (Å²) in [7, 11) is 0. The molecule has 2 heterocycles. The maximum atomic E-state index is 14.3. The van der Waals surface area contributed by atoms with Crippen LogP contribution in [0.2, 0.25) is 0 Å². The van der Waals surface area contributed by atoms with E-state index < -0.39 is 35.4 Å². The first-order chi connectivity index (χ1) is 13.4. The fourth-order valence-corrected chi connectivity index (χ4v) is 2.71. The van der Waals surface area contributed by atoms with E-state index in [0.717, 1.165) is 6.07 Å². The van der Waals surface area contributed by atoms with Crippen LogP contribution < -0.4 is 4.74 Å². The molecule has 0 spiro atoms. The molecule has 1 aromatic carbocycles. The third kappa shape index (κ3) is 5.15. The van der Waals surface area contributed by atoms with Crippen LogP contribution in [-0.4, -0.2) is 45.9 Å². The van der Waals surface area contributed by atoms with E-state index in [1.54, 1.807) is 20.8 Å². The number of hydrogen-bond acceptors (Lipinski definition) is 6. The molecule has 2 aromatic rings. The highest BCUT2D eigenvalue weighted by Gasteiger charge is 2.38. The molecule has 1 fully saturated rings. The van der Waals surface area contributed by atoms with Gasteiger partial charge in [-0.05, 0) is 32.9 Å². The van der Waals surface area contributed by atoms with Crippen molar-refractivity contribution in [3.8, 4) is 17.1 Å². The smallest absolute Gasteiger partial charge is 0.471 e. The molecule has 1 aliphatic rings. The summed E-state index contributed by atoms with van der Waals surface area (Å²) >= 11 is 0. The van der Waals surface area contributed by atoms with E-state index in [1.165, 1.54) is 17.0 Å². The Morgan fingerprint density at radius 3 is 2.59 bits per heavy atom. The number of benzene rings is 1. The van der Waals surface area contributed by atoms with Gasteiger partial charge in [-0.15, -0.1) is 0 Å². The summed E-state index contributed by atoms with van der Waals surface area (Å²) in [5, 5.41) is 3.16. The van der Waals surface area contributed by atoms with Crippen molar-refractivity contribution >= 4 is 6.09 Å². The average Bonchev–Trinajstić information content (AvgIpc) is 3.22. The molecule has 3 rings (SSSR count). The van der Waals surface area contributed by atoms with Crippen molar-refractivity contribution in [2.75, 3.05) is 13.1 Å². The third-order valence-corrected chi connectivity index (χ3v) is 3.95. The molecular formula is C18H19F4N3O4. The van der Waals surface area contributed by atoms with Gasteiger partial charge in [0.15, 0.2) is 0 Å². The van der Waals surface area contributed by atoms with Gasteiger partial charge < -0.3 is 18.9 Å². The van der Waals surface area contributed by atoms with Crippen LogP contribution in [0.4, 0.5) is 22.4 Å². The lowest BCUT2D eigenvalue weighted by Crippen LogP contribution is -2.36. The third-order valence-electron chi connectivity index (χ3n) is 3.95. The molecule has 1 aliphatic heterocycles. The molecule has 158 valence electrons. The van der Waals surface area contributed by atoms with Gasteiger partial charge in [0.05, 0.1) is 12.1 Å². The molecule has 0 N–H and O–H groups in total. The normalized spacial score (nSPS) is 17.5. The van der Waals surface area contributed by atoms with Crippen LogP contribution in [0.1, 0.15) is 33.1 Å². The van der Waals surface area contributed by atoms with Crippen molar-refractivity contribution in [1.29, 1.82) is 0 Å². The predicted molar refractivity (Wildman–Crippen MR) is 91.5 cm³/mol. The minimum Gasteiger partial charge on any atom is -0.488 e. The second-order valence-corrected chi connectivity index (χ2v) is 7.52. The van der Waals surface area contributed by atoms with Gasteiger partial charge in [0, 0.05) is 19.0 Å². The van der Waals surface area contributed by atoms with Crippen molar-refractivity contribution in [3.63, 3.8) is 0 Å². The van der Waals surface area contributed by atoms with Crippen LogP contribution >= 0.6 is 0 Å². The Hall–Kier alpha value is -2.85. The Morgan fingerprint density at radius 1 is 1.28 bits per heavy atom. The van der Waals surface area contributed by atoms with Crippen LogP contribution in [0, 0.1) is 5.82 Å². The van der Waals surface area contributed by atoms with E-state index >= 15 is 0 Å². The molecule has 1 atom stereocenters.